The molecule has 2 rings (SSSR count). The quantitative estimate of drug-likeness (QED) is 0.660. The molecule has 0 atom stereocenters. The molecule has 0 bridgehead atoms. The number of nitrogens with zero attached hydrogens (tertiary/aromatic N) is 1. The summed E-state index contributed by atoms with van der Waals surface area (Å²) >= 11 is 0. The highest BCUT2D eigenvalue weighted by molar-refractivity contribution is 5.92. The molecule has 1 saturated carbocycles. The molecule has 5 heteroatoms. The van der Waals surface area contributed by atoms with E-state index in [1.807, 2.05) is 19.9 Å². The van der Waals surface area contributed by atoms with Crippen molar-refractivity contribution < 1.29 is 14.3 Å². The Balaban J connectivity index is 1.88. The lowest BCUT2D eigenvalue weighted by molar-refractivity contribution is -0.125. The van der Waals surface area contributed by atoms with Crippen molar-refractivity contribution in [3.63, 3.8) is 0 Å². The highest BCUT2D eigenvalue weighted by atomic mass is 16.5. The molecule has 1 aromatic rings. The Kier molecular flexibility index (Phi) is 6.46. The van der Waals surface area contributed by atoms with Crippen molar-refractivity contribution in [3.05, 3.63) is 23.0 Å². The van der Waals surface area contributed by atoms with Crippen LogP contribution in [0.4, 0.5) is 0 Å². The minimum absolute atomic E-state index is 0.201. The fourth-order valence-electron chi connectivity index (χ4n) is 3.68. The van der Waals surface area contributed by atoms with E-state index in [9.17, 15) is 9.59 Å². The molecule has 134 valence electrons. The first-order valence-corrected chi connectivity index (χ1v) is 9.05. The van der Waals surface area contributed by atoms with E-state index in [-0.39, 0.29) is 24.6 Å². The van der Waals surface area contributed by atoms with Crippen molar-refractivity contribution in [1.29, 1.82) is 0 Å². The topological polar surface area (TPSA) is 60.3 Å². The lowest BCUT2D eigenvalue weighted by atomic mass is 10.1. The van der Waals surface area contributed by atoms with Crippen LogP contribution in [-0.4, -0.2) is 29.1 Å². The van der Waals surface area contributed by atoms with Crippen LogP contribution in [0.3, 0.4) is 0 Å². The predicted octanol–water partition coefficient (Wildman–Crippen LogP) is 3.68. The summed E-state index contributed by atoms with van der Waals surface area (Å²) in [4.78, 5) is 24.3. The molecule has 0 spiro atoms. The fourth-order valence-corrected chi connectivity index (χ4v) is 3.68. The third-order valence-corrected chi connectivity index (χ3v) is 4.78. The maximum absolute atomic E-state index is 12.3. The summed E-state index contributed by atoms with van der Waals surface area (Å²) in [7, 11) is 0. The van der Waals surface area contributed by atoms with Crippen LogP contribution in [0.2, 0.25) is 0 Å². The van der Waals surface area contributed by atoms with E-state index in [1.54, 1.807) is 0 Å². The largest absolute Gasteiger partial charge is 0.452 e. The van der Waals surface area contributed by atoms with Gasteiger partial charge in [0.15, 0.2) is 6.61 Å². The molecule has 0 radical (unpaired) electrons. The Bertz CT molecular complexity index is 582. The van der Waals surface area contributed by atoms with Crippen LogP contribution in [0.1, 0.15) is 80.2 Å². The standard InChI is InChI=1S/C19H30N2O3/c1-13(2)21-14(3)11-17(15(21)4)19(23)24-12-18(22)20-16-9-7-5-6-8-10-16/h11,13,16H,5-10,12H2,1-4H3,(H,20,22). The van der Waals surface area contributed by atoms with E-state index in [0.717, 1.165) is 37.1 Å². The highest BCUT2D eigenvalue weighted by Gasteiger charge is 2.20. The van der Waals surface area contributed by atoms with E-state index in [0.29, 0.717) is 5.56 Å². The Morgan fingerprint density at radius 2 is 1.83 bits per heavy atom. The molecule has 0 aromatic carbocycles. The molecule has 0 unspecified atom stereocenters. The van der Waals surface area contributed by atoms with Crippen LogP contribution < -0.4 is 5.32 Å². The van der Waals surface area contributed by atoms with Gasteiger partial charge < -0.3 is 14.6 Å². The normalized spacial score (nSPS) is 16.0. The zero-order valence-electron chi connectivity index (χ0n) is 15.4. The van der Waals surface area contributed by atoms with Crippen LogP contribution in [0.15, 0.2) is 6.07 Å². The zero-order valence-corrected chi connectivity index (χ0v) is 15.4. The van der Waals surface area contributed by atoms with Gasteiger partial charge in [0.2, 0.25) is 0 Å². The smallest absolute Gasteiger partial charge is 0.340 e. The molecule has 1 aliphatic rings. The number of amides is 1. The molecule has 0 saturated heterocycles. The second-order valence-electron chi connectivity index (χ2n) is 7.08. The van der Waals surface area contributed by atoms with Gasteiger partial charge in [0.25, 0.3) is 5.91 Å². The van der Waals surface area contributed by atoms with E-state index in [4.69, 9.17) is 4.74 Å². The second-order valence-corrected chi connectivity index (χ2v) is 7.08. The maximum atomic E-state index is 12.3. The molecule has 1 aliphatic carbocycles. The monoisotopic (exact) mass is 334 g/mol. The summed E-state index contributed by atoms with van der Waals surface area (Å²) in [6.07, 6.45) is 6.85. The predicted molar refractivity (Wildman–Crippen MR) is 94.2 cm³/mol. The minimum atomic E-state index is -0.425. The number of ether oxygens (including phenoxy) is 1. The van der Waals surface area contributed by atoms with Gasteiger partial charge in [-0.25, -0.2) is 4.79 Å². The molecule has 1 fully saturated rings. The average Bonchev–Trinajstić information content (AvgIpc) is 2.68. The SMILES string of the molecule is Cc1cc(C(=O)OCC(=O)NC2CCCCCC2)c(C)n1C(C)C. The van der Waals surface area contributed by atoms with Crippen molar-refractivity contribution in [2.24, 2.45) is 0 Å². The van der Waals surface area contributed by atoms with E-state index in [2.05, 4.69) is 23.7 Å². The van der Waals surface area contributed by atoms with Gasteiger partial charge >= 0.3 is 5.97 Å². The highest BCUT2D eigenvalue weighted by Crippen LogP contribution is 2.21. The van der Waals surface area contributed by atoms with Crippen molar-refractivity contribution >= 4 is 11.9 Å². The molecular formula is C19H30N2O3. The van der Waals surface area contributed by atoms with Crippen molar-refractivity contribution in [2.75, 3.05) is 6.61 Å². The number of aryl methyl sites for hydroxylation is 1. The number of carbonyl (C=O) groups is 2. The Morgan fingerprint density at radius 1 is 1.21 bits per heavy atom. The number of esters is 1. The van der Waals surface area contributed by atoms with Gasteiger partial charge in [0.1, 0.15) is 0 Å². The van der Waals surface area contributed by atoms with Gasteiger partial charge in [-0.3, -0.25) is 4.79 Å². The van der Waals surface area contributed by atoms with Crippen molar-refractivity contribution in [2.45, 2.75) is 78.3 Å². The number of aromatic nitrogens is 1. The third-order valence-electron chi connectivity index (χ3n) is 4.78. The molecule has 24 heavy (non-hydrogen) atoms. The molecule has 1 N–H and O–H groups in total. The summed E-state index contributed by atoms with van der Waals surface area (Å²) in [6, 6.07) is 2.34. The Morgan fingerprint density at radius 3 is 2.38 bits per heavy atom. The molecule has 5 nitrogen and oxygen atoms in total. The lowest BCUT2D eigenvalue weighted by Crippen LogP contribution is -2.37. The van der Waals surface area contributed by atoms with Crippen LogP contribution in [-0.2, 0) is 9.53 Å². The lowest BCUT2D eigenvalue weighted by Gasteiger charge is -2.16. The van der Waals surface area contributed by atoms with Crippen LogP contribution in [0.5, 0.6) is 0 Å². The van der Waals surface area contributed by atoms with Gasteiger partial charge in [0.05, 0.1) is 5.56 Å². The Hall–Kier alpha value is -1.78. The molecule has 1 heterocycles. The van der Waals surface area contributed by atoms with Crippen LogP contribution >= 0.6 is 0 Å². The van der Waals surface area contributed by atoms with Crippen molar-refractivity contribution in [3.8, 4) is 0 Å². The number of nitrogens with one attached hydrogen (secondary N) is 1. The maximum Gasteiger partial charge on any atom is 0.340 e. The molecular weight excluding hydrogens is 304 g/mol. The van der Waals surface area contributed by atoms with E-state index >= 15 is 0 Å². The fraction of sp³-hybridized carbons (Fsp3) is 0.684. The van der Waals surface area contributed by atoms with E-state index < -0.39 is 5.97 Å². The van der Waals surface area contributed by atoms with Gasteiger partial charge in [-0.2, -0.15) is 0 Å². The van der Waals surface area contributed by atoms with Gasteiger partial charge in [0, 0.05) is 23.5 Å². The number of rotatable bonds is 5. The van der Waals surface area contributed by atoms with Gasteiger partial charge in [-0.15, -0.1) is 0 Å². The molecule has 1 amide bonds. The first-order valence-electron chi connectivity index (χ1n) is 9.05. The first kappa shape index (κ1) is 18.6. The number of hydrogen-bond donors (Lipinski definition) is 1. The summed E-state index contributed by atoms with van der Waals surface area (Å²) < 4.78 is 7.33. The summed E-state index contributed by atoms with van der Waals surface area (Å²) in [5, 5.41) is 2.99. The first-order chi connectivity index (χ1) is 11.4. The number of hydrogen-bond acceptors (Lipinski definition) is 3. The van der Waals surface area contributed by atoms with Crippen molar-refractivity contribution in [1.82, 2.24) is 9.88 Å². The minimum Gasteiger partial charge on any atom is -0.452 e. The zero-order chi connectivity index (χ0) is 17.7. The average molecular weight is 334 g/mol. The summed E-state index contributed by atoms with van der Waals surface area (Å²) in [5.74, 6) is -0.626. The van der Waals surface area contributed by atoms with Gasteiger partial charge in [-0.1, -0.05) is 25.7 Å². The molecule has 0 aliphatic heterocycles. The molecule has 1 aromatic heterocycles. The van der Waals surface area contributed by atoms with Crippen LogP contribution in [0.25, 0.3) is 0 Å². The second kappa shape index (κ2) is 8.36. The third kappa shape index (κ3) is 4.62. The Labute approximate surface area is 144 Å². The van der Waals surface area contributed by atoms with Gasteiger partial charge in [-0.05, 0) is 46.6 Å². The van der Waals surface area contributed by atoms with E-state index in [1.165, 1.54) is 12.8 Å². The summed E-state index contributed by atoms with van der Waals surface area (Å²) in [6.45, 7) is 7.84. The summed E-state index contributed by atoms with van der Waals surface area (Å²) in [5.41, 5.74) is 2.46. The van der Waals surface area contributed by atoms with Crippen LogP contribution in [0, 0.1) is 13.8 Å². The number of carbonyl (C=O) groups excluding carboxylic acids is 2.